The van der Waals surface area contributed by atoms with Gasteiger partial charge in [-0.25, -0.2) is 0 Å². The quantitative estimate of drug-likeness (QED) is 0.138. The second-order valence-electron chi connectivity index (χ2n) is 6.41. The van der Waals surface area contributed by atoms with Gasteiger partial charge in [0.2, 0.25) is 0 Å². The highest BCUT2D eigenvalue weighted by Crippen LogP contribution is 2.08. The molecule has 0 fully saturated rings. The van der Waals surface area contributed by atoms with Crippen LogP contribution in [0.4, 0.5) is 0 Å². The van der Waals surface area contributed by atoms with Crippen molar-refractivity contribution in [1.82, 2.24) is 0 Å². The predicted molar refractivity (Wildman–Crippen MR) is 104 cm³/mol. The molecular weight excluding hydrogens is 320 g/mol. The Hall–Kier alpha value is -1.20. The van der Waals surface area contributed by atoms with Crippen molar-refractivity contribution < 1.29 is 9.68 Å². The summed E-state index contributed by atoms with van der Waals surface area (Å²) in [5, 5.41) is 4.68. The van der Waals surface area contributed by atoms with Gasteiger partial charge in [0.15, 0.2) is 10.7 Å². The van der Waals surface area contributed by atoms with Gasteiger partial charge in [-0.2, -0.15) is 0 Å². The zero-order chi connectivity index (χ0) is 18.8. The zero-order valence-electron chi connectivity index (χ0n) is 16.5. The van der Waals surface area contributed by atoms with Crippen LogP contribution in [-0.4, -0.2) is 13.2 Å². The fraction of sp³-hybridized carbons (Fsp3) is 1.00. The molecule has 0 spiro atoms. The van der Waals surface area contributed by atoms with E-state index in [9.17, 15) is 9.81 Å². The summed E-state index contributed by atoms with van der Waals surface area (Å²) in [6, 6.07) is 0. The van der Waals surface area contributed by atoms with Crippen molar-refractivity contribution in [2.24, 2.45) is 10.7 Å². The first-order valence-corrected chi connectivity index (χ1v) is 10.2. The molecule has 6 heteroatoms. The molecule has 0 aliphatic carbocycles. The monoisotopic (exact) mass is 360 g/mol. The van der Waals surface area contributed by atoms with E-state index in [1.54, 1.807) is 0 Å². The molecule has 0 rings (SSSR count). The Morgan fingerprint density at radius 3 is 1.04 bits per heavy atom. The second-order valence-corrected chi connectivity index (χ2v) is 6.41. The Morgan fingerprint density at radius 1 is 0.480 bits per heavy atom. The molecule has 0 unspecified atom stereocenters. The first-order chi connectivity index (χ1) is 12.3. The third-order valence-corrected chi connectivity index (χ3v) is 4.03. The molecule has 0 aromatic rings. The first kappa shape index (κ1) is 26.0. The summed E-state index contributed by atoms with van der Waals surface area (Å²) in [6.45, 7) is 5.41. The largest absolute Gasteiger partial charge is 0.364 e. The highest BCUT2D eigenvalue weighted by atomic mass is 16.7. The Bertz CT molecular complexity index is 254. The van der Waals surface area contributed by atoms with Crippen molar-refractivity contribution in [3.63, 3.8) is 0 Å². The van der Waals surface area contributed by atoms with Crippen LogP contribution in [-0.2, 0) is 9.68 Å². The summed E-state index contributed by atoms with van der Waals surface area (Å²) < 4.78 is 0. The number of nitrogens with zero attached hydrogens (tertiary/aromatic N) is 2. The van der Waals surface area contributed by atoms with Gasteiger partial charge in [0, 0.05) is 0 Å². The number of rotatable bonds is 19. The average molecular weight is 361 g/mol. The lowest BCUT2D eigenvalue weighted by Gasteiger charge is -1.99. The SMILES string of the molecule is CCCCCCCCCCON=O.CCCCCCCCCON=O. The summed E-state index contributed by atoms with van der Waals surface area (Å²) in [7, 11) is 0. The van der Waals surface area contributed by atoms with E-state index >= 15 is 0 Å². The summed E-state index contributed by atoms with van der Waals surface area (Å²) >= 11 is 0. The summed E-state index contributed by atoms with van der Waals surface area (Å²) in [5.74, 6) is 0. The average Bonchev–Trinajstić information content (AvgIpc) is 2.63. The minimum absolute atomic E-state index is 0.483. The topological polar surface area (TPSA) is 77.3 Å². The van der Waals surface area contributed by atoms with Crippen molar-refractivity contribution in [3.05, 3.63) is 9.81 Å². The molecule has 0 aliphatic rings. The van der Waals surface area contributed by atoms with E-state index in [0.717, 1.165) is 25.7 Å². The molecule has 6 nitrogen and oxygen atoms in total. The fourth-order valence-electron chi connectivity index (χ4n) is 2.50. The molecule has 0 amide bonds. The van der Waals surface area contributed by atoms with E-state index < -0.39 is 0 Å². The maximum absolute atomic E-state index is 9.54. The standard InChI is InChI=1S/C10H21NO2.C9H19NO2/c1-2-3-4-5-6-7-8-9-10-13-11-12;1-2-3-4-5-6-7-8-9-12-10-11/h2-10H2,1H3;2-9H2,1H3. The maximum Gasteiger partial charge on any atom is 0.155 e. The van der Waals surface area contributed by atoms with E-state index in [1.807, 2.05) is 0 Å². The molecule has 0 radical (unpaired) electrons. The Morgan fingerprint density at radius 2 is 0.760 bits per heavy atom. The lowest BCUT2D eigenvalue weighted by Crippen LogP contribution is -1.87. The van der Waals surface area contributed by atoms with E-state index in [0.29, 0.717) is 13.2 Å². The van der Waals surface area contributed by atoms with Crippen molar-refractivity contribution >= 4 is 0 Å². The zero-order valence-corrected chi connectivity index (χ0v) is 16.5. The van der Waals surface area contributed by atoms with Gasteiger partial charge in [0.05, 0.1) is 0 Å². The van der Waals surface area contributed by atoms with Crippen LogP contribution < -0.4 is 0 Å². The van der Waals surface area contributed by atoms with Crippen LogP contribution in [0.5, 0.6) is 0 Å². The molecule has 0 bridgehead atoms. The maximum atomic E-state index is 9.54. The highest BCUT2D eigenvalue weighted by molar-refractivity contribution is 4.45. The van der Waals surface area contributed by atoms with Gasteiger partial charge in [-0.05, 0) is 25.7 Å². The van der Waals surface area contributed by atoms with E-state index in [-0.39, 0.29) is 0 Å². The Labute approximate surface area is 154 Å². The summed E-state index contributed by atoms with van der Waals surface area (Å²) in [4.78, 5) is 27.7. The smallest absolute Gasteiger partial charge is 0.155 e. The van der Waals surface area contributed by atoms with E-state index in [4.69, 9.17) is 0 Å². The molecule has 0 atom stereocenters. The molecule has 25 heavy (non-hydrogen) atoms. The lowest BCUT2D eigenvalue weighted by molar-refractivity contribution is 0.135. The molecule has 150 valence electrons. The van der Waals surface area contributed by atoms with Crippen molar-refractivity contribution in [1.29, 1.82) is 0 Å². The molecule has 0 saturated carbocycles. The molecular formula is C19H40N2O4. The van der Waals surface area contributed by atoms with E-state index in [2.05, 4.69) is 34.2 Å². The molecule has 0 aromatic heterocycles. The van der Waals surface area contributed by atoms with Crippen molar-refractivity contribution in [2.45, 2.75) is 110 Å². The number of unbranched alkanes of at least 4 members (excludes halogenated alkanes) is 13. The van der Waals surface area contributed by atoms with Gasteiger partial charge in [-0.1, -0.05) is 84.5 Å². The molecule has 0 aliphatic heterocycles. The molecule has 0 saturated heterocycles. The van der Waals surface area contributed by atoms with Crippen LogP contribution in [0.1, 0.15) is 110 Å². The van der Waals surface area contributed by atoms with Crippen LogP contribution in [0.2, 0.25) is 0 Å². The van der Waals surface area contributed by atoms with Gasteiger partial charge in [-0.3, -0.25) is 0 Å². The van der Waals surface area contributed by atoms with Gasteiger partial charge in [0.1, 0.15) is 13.2 Å². The van der Waals surface area contributed by atoms with Crippen molar-refractivity contribution in [2.75, 3.05) is 13.2 Å². The molecule has 0 N–H and O–H groups in total. The normalized spacial score (nSPS) is 9.84. The minimum atomic E-state index is 0.483. The second kappa shape index (κ2) is 27.6. The van der Waals surface area contributed by atoms with Gasteiger partial charge in [-0.15, -0.1) is 9.81 Å². The van der Waals surface area contributed by atoms with Gasteiger partial charge in [0.25, 0.3) is 0 Å². The minimum Gasteiger partial charge on any atom is -0.364 e. The predicted octanol–water partition coefficient (Wildman–Crippen LogP) is 7.26. The fourth-order valence-corrected chi connectivity index (χ4v) is 2.50. The van der Waals surface area contributed by atoms with Crippen LogP contribution >= 0.6 is 0 Å². The summed E-state index contributed by atoms with van der Waals surface area (Å²) in [5.41, 5.74) is 0. The van der Waals surface area contributed by atoms with Gasteiger partial charge < -0.3 is 9.68 Å². The van der Waals surface area contributed by atoms with Crippen LogP contribution in [0.3, 0.4) is 0 Å². The highest BCUT2D eigenvalue weighted by Gasteiger charge is 1.92. The van der Waals surface area contributed by atoms with Crippen LogP contribution in [0, 0.1) is 9.81 Å². The molecule has 0 aromatic carbocycles. The van der Waals surface area contributed by atoms with Crippen LogP contribution in [0.15, 0.2) is 10.7 Å². The summed E-state index contributed by atoms with van der Waals surface area (Å²) in [6.07, 6.45) is 18.7. The number of hydrogen-bond acceptors (Lipinski definition) is 6. The molecule has 0 heterocycles. The Balaban J connectivity index is 0. The number of hydrogen-bond donors (Lipinski definition) is 0. The van der Waals surface area contributed by atoms with Gasteiger partial charge >= 0.3 is 0 Å². The third kappa shape index (κ3) is 31.1. The lowest BCUT2D eigenvalue weighted by atomic mass is 10.1. The van der Waals surface area contributed by atoms with Crippen molar-refractivity contribution in [3.8, 4) is 0 Å². The Kier molecular flexibility index (Phi) is 28.8. The van der Waals surface area contributed by atoms with E-state index in [1.165, 1.54) is 70.6 Å². The van der Waals surface area contributed by atoms with Crippen LogP contribution in [0.25, 0.3) is 0 Å². The first-order valence-electron chi connectivity index (χ1n) is 10.2. The third-order valence-electron chi connectivity index (χ3n) is 4.03.